The summed E-state index contributed by atoms with van der Waals surface area (Å²) in [6.45, 7) is 0.268. The number of hydrogen-bond acceptors (Lipinski definition) is 4. The number of amides is 1. The van der Waals surface area contributed by atoms with Gasteiger partial charge in [-0.2, -0.15) is 0 Å². The third-order valence-corrected chi connectivity index (χ3v) is 3.97. The molecule has 3 N–H and O–H groups in total. The lowest BCUT2D eigenvalue weighted by atomic mass is 9.78. The van der Waals surface area contributed by atoms with Crippen LogP contribution in [0.5, 0.6) is 0 Å². The van der Waals surface area contributed by atoms with Crippen LogP contribution in [0.3, 0.4) is 0 Å². The lowest BCUT2D eigenvalue weighted by molar-refractivity contribution is -0.124. The van der Waals surface area contributed by atoms with E-state index < -0.39 is 5.60 Å². The number of nitrogens with two attached hydrogens (primary N) is 1. The largest absolute Gasteiger partial charge is 0.389 e. The highest BCUT2D eigenvalue weighted by Crippen LogP contribution is 2.32. The fourth-order valence-electron chi connectivity index (χ4n) is 2.55. The monoisotopic (exact) mass is 263 g/mol. The zero-order valence-corrected chi connectivity index (χ0v) is 11.2. The SMILES string of the molecule is CN(C(=O)C1CCC(O)(CN)CC1)c1ccccn1. The number of aliphatic hydroxyl groups is 1. The first kappa shape index (κ1) is 14.0. The second-order valence-corrected chi connectivity index (χ2v) is 5.29. The van der Waals surface area contributed by atoms with Crippen molar-refractivity contribution in [3.63, 3.8) is 0 Å². The average Bonchev–Trinajstić information content (AvgIpc) is 2.47. The molecular weight excluding hydrogens is 242 g/mol. The minimum absolute atomic E-state index is 0.0427. The lowest BCUT2D eigenvalue weighted by Gasteiger charge is -2.35. The van der Waals surface area contributed by atoms with Gasteiger partial charge in [0.15, 0.2) is 0 Å². The van der Waals surface area contributed by atoms with E-state index in [1.54, 1.807) is 18.1 Å². The first-order valence-corrected chi connectivity index (χ1v) is 6.67. The molecule has 1 amide bonds. The first-order valence-electron chi connectivity index (χ1n) is 6.67. The Morgan fingerprint density at radius 2 is 2.21 bits per heavy atom. The molecule has 1 heterocycles. The standard InChI is InChI=1S/C14H21N3O2/c1-17(12-4-2-3-9-16-12)13(18)11-5-7-14(19,10-15)8-6-11/h2-4,9,11,19H,5-8,10,15H2,1H3. The van der Waals surface area contributed by atoms with Crippen LogP contribution in [0, 0.1) is 5.92 Å². The molecule has 1 aliphatic carbocycles. The van der Waals surface area contributed by atoms with Crippen LogP contribution in [-0.2, 0) is 4.79 Å². The number of carbonyl (C=O) groups is 1. The molecule has 5 nitrogen and oxygen atoms in total. The summed E-state index contributed by atoms with van der Waals surface area (Å²) in [7, 11) is 1.74. The predicted molar refractivity (Wildman–Crippen MR) is 73.6 cm³/mol. The summed E-state index contributed by atoms with van der Waals surface area (Å²) < 4.78 is 0. The van der Waals surface area contributed by atoms with Gasteiger partial charge in [-0.3, -0.25) is 9.69 Å². The van der Waals surface area contributed by atoms with Crippen molar-refractivity contribution >= 4 is 11.7 Å². The van der Waals surface area contributed by atoms with Crippen molar-refractivity contribution < 1.29 is 9.90 Å². The Kier molecular flexibility index (Phi) is 4.17. The van der Waals surface area contributed by atoms with Crippen LogP contribution in [-0.4, -0.2) is 35.2 Å². The van der Waals surface area contributed by atoms with E-state index >= 15 is 0 Å². The number of nitrogens with zero attached hydrogens (tertiary/aromatic N) is 2. The molecule has 5 heteroatoms. The van der Waals surface area contributed by atoms with Crippen LogP contribution >= 0.6 is 0 Å². The molecule has 1 saturated carbocycles. The van der Waals surface area contributed by atoms with Gasteiger partial charge in [0.1, 0.15) is 5.82 Å². The van der Waals surface area contributed by atoms with Gasteiger partial charge in [0.2, 0.25) is 5.91 Å². The highest BCUT2D eigenvalue weighted by Gasteiger charge is 2.35. The van der Waals surface area contributed by atoms with Crippen LogP contribution in [0.1, 0.15) is 25.7 Å². The Morgan fingerprint density at radius 1 is 1.53 bits per heavy atom. The van der Waals surface area contributed by atoms with Gasteiger partial charge in [0.05, 0.1) is 5.60 Å². The molecule has 0 radical (unpaired) electrons. The van der Waals surface area contributed by atoms with Crippen molar-refractivity contribution in [1.29, 1.82) is 0 Å². The van der Waals surface area contributed by atoms with E-state index in [2.05, 4.69) is 4.98 Å². The summed E-state index contributed by atoms with van der Waals surface area (Å²) in [6.07, 6.45) is 4.23. The van der Waals surface area contributed by atoms with Gasteiger partial charge < -0.3 is 10.8 Å². The van der Waals surface area contributed by atoms with E-state index in [9.17, 15) is 9.90 Å². The number of hydrogen-bond donors (Lipinski definition) is 2. The number of aromatic nitrogens is 1. The summed E-state index contributed by atoms with van der Waals surface area (Å²) >= 11 is 0. The Balaban J connectivity index is 1.98. The molecule has 19 heavy (non-hydrogen) atoms. The van der Waals surface area contributed by atoms with E-state index in [0.717, 1.165) is 0 Å². The van der Waals surface area contributed by atoms with Gasteiger partial charge in [-0.05, 0) is 37.8 Å². The molecule has 0 unspecified atom stereocenters. The number of anilines is 1. The topological polar surface area (TPSA) is 79.5 Å². The van der Waals surface area contributed by atoms with Crippen LogP contribution in [0.25, 0.3) is 0 Å². The molecule has 1 aromatic heterocycles. The third kappa shape index (κ3) is 3.11. The maximum absolute atomic E-state index is 12.4. The molecular formula is C14H21N3O2. The number of carbonyl (C=O) groups excluding carboxylic acids is 1. The molecule has 1 aliphatic rings. The van der Waals surface area contributed by atoms with Crippen molar-refractivity contribution in [2.75, 3.05) is 18.5 Å². The van der Waals surface area contributed by atoms with Crippen molar-refractivity contribution in [3.05, 3.63) is 24.4 Å². The van der Waals surface area contributed by atoms with Crippen molar-refractivity contribution in [2.24, 2.45) is 11.7 Å². The number of rotatable bonds is 3. The highest BCUT2D eigenvalue weighted by molar-refractivity contribution is 5.93. The maximum Gasteiger partial charge on any atom is 0.230 e. The van der Waals surface area contributed by atoms with E-state index in [-0.39, 0.29) is 18.4 Å². The molecule has 104 valence electrons. The average molecular weight is 263 g/mol. The van der Waals surface area contributed by atoms with Gasteiger partial charge in [-0.1, -0.05) is 6.07 Å². The third-order valence-electron chi connectivity index (χ3n) is 3.97. The van der Waals surface area contributed by atoms with E-state index in [1.807, 2.05) is 18.2 Å². The van der Waals surface area contributed by atoms with Gasteiger partial charge in [0, 0.05) is 25.7 Å². The molecule has 0 bridgehead atoms. The van der Waals surface area contributed by atoms with Gasteiger partial charge in [-0.15, -0.1) is 0 Å². The summed E-state index contributed by atoms with van der Waals surface area (Å²) in [5.74, 6) is 0.684. The van der Waals surface area contributed by atoms with E-state index in [0.29, 0.717) is 31.5 Å². The van der Waals surface area contributed by atoms with Crippen molar-refractivity contribution in [1.82, 2.24) is 4.98 Å². The highest BCUT2D eigenvalue weighted by atomic mass is 16.3. The quantitative estimate of drug-likeness (QED) is 0.850. The van der Waals surface area contributed by atoms with Crippen molar-refractivity contribution in [3.8, 4) is 0 Å². The second-order valence-electron chi connectivity index (χ2n) is 5.29. The van der Waals surface area contributed by atoms with Crippen LogP contribution in [0.2, 0.25) is 0 Å². The number of pyridine rings is 1. The Bertz CT molecular complexity index is 428. The van der Waals surface area contributed by atoms with Gasteiger partial charge >= 0.3 is 0 Å². The molecule has 0 atom stereocenters. The zero-order valence-electron chi connectivity index (χ0n) is 11.2. The fourth-order valence-corrected chi connectivity index (χ4v) is 2.55. The minimum Gasteiger partial charge on any atom is -0.389 e. The maximum atomic E-state index is 12.4. The van der Waals surface area contributed by atoms with Crippen LogP contribution in [0.15, 0.2) is 24.4 Å². The molecule has 0 spiro atoms. The van der Waals surface area contributed by atoms with Gasteiger partial charge in [-0.25, -0.2) is 4.98 Å². The smallest absolute Gasteiger partial charge is 0.230 e. The molecule has 2 rings (SSSR count). The zero-order chi connectivity index (χ0) is 13.9. The second kappa shape index (κ2) is 5.67. The normalized spacial score (nSPS) is 27.0. The summed E-state index contributed by atoms with van der Waals surface area (Å²) in [5.41, 5.74) is 4.78. The van der Waals surface area contributed by atoms with Crippen LogP contribution in [0.4, 0.5) is 5.82 Å². The molecule has 0 saturated heterocycles. The fraction of sp³-hybridized carbons (Fsp3) is 0.571. The lowest BCUT2D eigenvalue weighted by Crippen LogP contribution is -2.44. The molecule has 1 aromatic rings. The molecule has 0 aliphatic heterocycles. The first-order chi connectivity index (χ1) is 9.06. The van der Waals surface area contributed by atoms with Crippen molar-refractivity contribution in [2.45, 2.75) is 31.3 Å². The van der Waals surface area contributed by atoms with Crippen LogP contribution < -0.4 is 10.6 Å². The summed E-state index contributed by atoms with van der Waals surface area (Å²) in [4.78, 5) is 18.1. The van der Waals surface area contributed by atoms with E-state index in [1.165, 1.54) is 0 Å². The van der Waals surface area contributed by atoms with E-state index in [4.69, 9.17) is 5.73 Å². The molecule has 0 aromatic carbocycles. The minimum atomic E-state index is -0.777. The van der Waals surface area contributed by atoms with Gasteiger partial charge in [0.25, 0.3) is 0 Å². The summed E-state index contributed by atoms with van der Waals surface area (Å²) in [6, 6.07) is 5.50. The Morgan fingerprint density at radius 3 is 2.74 bits per heavy atom. The Hall–Kier alpha value is -1.46. The predicted octanol–water partition coefficient (Wildman–Crippen LogP) is 0.924. The summed E-state index contributed by atoms with van der Waals surface area (Å²) in [5, 5.41) is 10.1. The molecule has 1 fully saturated rings. The Labute approximate surface area is 113 Å².